The minimum Gasteiger partial charge on any atom is -0.488 e. The Morgan fingerprint density at radius 3 is 2.67 bits per heavy atom. The molecular weight excluding hydrogens is 448 g/mol. The molecule has 33 heavy (non-hydrogen) atoms. The van der Waals surface area contributed by atoms with Crippen molar-refractivity contribution in [2.75, 3.05) is 31.5 Å². The highest BCUT2D eigenvalue weighted by atomic mass is 32.2. The van der Waals surface area contributed by atoms with Crippen LogP contribution >= 0.6 is 0 Å². The van der Waals surface area contributed by atoms with Gasteiger partial charge in [-0.2, -0.15) is 0 Å². The first-order valence-corrected chi connectivity index (χ1v) is 12.4. The van der Waals surface area contributed by atoms with Crippen molar-refractivity contribution in [2.24, 2.45) is 5.92 Å². The van der Waals surface area contributed by atoms with Crippen molar-refractivity contribution in [1.29, 1.82) is 0 Å². The Hall–Kier alpha value is -2.63. The van der Waals surface area contributed by atoms with Crippen molar-refractivity contribution < 1.29 is 27.6 Å². The average molecular weight is 481 g/mol. The first-order chi connectivity index (χ1) is 15.6. The molecule has 0 fully saturated rings. The van der Waals surface area contributed by atoms with Crippen molar-refractivity contribution in [3.8, 4) is 5.75 Å². The molecule has 2 aromatic rings. The van der Waals surface area contributed by atoms with E-state index in [1.165, 1.54) is 6.92 Å². The first kappa shape index (κ1) is 25.0. The summed E-state index contributed by atoms with van der Waals surface area (Å²) in [6, 6.07) is 4.54. The number of ether oxygens (including phenoxy) is 1. The zero-order chi connectivity index (χ0) is 24.3. The van der Waals surface area contributed by atoms with Gasteiger partial charge in [0.2, 0.25) is 5.91 Å². The van der Waals surface area contributed by atoms with Crippen LogP contribution in [0.5, 0.6) is 5.75 Å². The van der Waals surface area contributed by atoms with E-state index in [-0.39, 0.29) is 53.3 Å². The molecule has 0 bridgehead atoms. The molecule has 182 valence electrons. The third-order valence-electron chi connectivity index (χ3n) is 5.81. The Kier molecular flexibility index (Phi) is 7.65. The lowest BCUT2D eigenvalue weighted by atomic mass is 10.0. The first-order valence-electron chi connectivity index (χ1n) is 10.9. The number of fused-ring (bicyclic) bond motifs is 1. The minimum atomic E-state index is -3.94. The number of likely N-dealkylation sites (N-methyl/N-ethyl adjacent to an activating group) is 1. The maximum Gasteiger partial charge on any atom is 0.267 e. The molecule has 0 unspecified atom stereocenters. The van der Waals surface area contributed by atoms with E-state index in [0.29, 0.717) is 30.1 Å². The van der Waals surface area contributed by atoms with Gasteiger partial charge in [0.15, 0.2) is 10.7 Å². The Balaban J connectivity index is 1.98. The van der Waals surface area contributed by atoms with E-state index in [1.807, 2.05) is 14.0 Å². The van der Waals surface area contributed by atoms with E-state index in [0.717, 1.165) is 0 Å². The summed E-state index contributed by atoms with van der Waals surface area (Å²) in [7, 11) is -2.11. The topological polar surface area (TPSA) is 134 Å². The molecule has 0 aliphatic carbocycles. The number of aryl methyl sites for hydroxylation is 2. The molecular formula is C22H32N4O6S. The van der Waals surface area contributed by atoms with Crippen LogP contribution in [0.25, 0.3) is 0 Å². The molecule has 3 atom stereocenters. The van der Waals surface area contributed by atoms with Crippen LogP contribution in [0.1, 0.15) is 30.9 Å². The summed E-state index contributed by atoms with van der Waals surface area (Å²) in [6.45, 7) is 7.74. The Morgan fingerprint density at radius 1 is 1.33 bits per heavy atom. The van der Waals surface area contributed by atoms with Crippen molar-refractivity contribution in [3.05, 3.63) is 35.2 Å². The third kappa shape index (κ3) is 5.48. The van der Waals surface area contributed by atoms with Crippen molar-refractivity contribution in [2.45, 2.75) is 51.2 Å². The number of amides is 1. The number of carbonyl (C=O) groups is 1. The van der Waals surface area contributed by atoms with E-state index in [2.05, 4.69) is 15.2 Å². The fourth-order valence-electron chi connectivity index (χ4n) is 4.00. The van der Waals surface area contributed by atoms with Gasteiger partial charge in [-0.3, -0.25) is 9.52 Å². The Morgan fingerprint density at radius 2 is 2.06 bits per heavy atom. The van der Waals surface area contributed by atoms with E-state index >= 15 is 0 Å². The van der Waals surface area contributed by atoms with Crippen LogP contribution in [0.15, 0.2) is 27.6 Å². The summed E-state index contributed by atoms with van der Waals surface area (Å²) in [6.07, 6.45) is -0.211. The average Bonchev–Trinajstić information content (AvgIpc) is 3.12. The fraction of sp³-hybridized carbons (Fsp3) is 0.545. The number of anilines is 1. The fourth-order valence-corrected chi connectivity index (χ4v) is 5.38. The quantitative estimate of drug-likeness (QED) is 0.542. The number of sulfonamides is 1. The molecule has 1 aliphatic rings. The molecule has 0 radical (unpaired) electrons. The lowest BCUT2D eigenvalue weighted by molar-refractivity contribution is -0.134. The van der Waals surface area contributed by atoms with E-state index in [1.54, 1.807) is 36.9 Å². The number of carbonyl (C=O) groups excluding carboxylic acids is 1. The summed E-state index contributed by atoms with van der Waals surface area (Å²) >= 11 is 0. The van der Waals surface area contributed by atoms with Crippen LogP contribution in [-0.2, 0) is 21.2 Å². The van der Waals surface area contributed by atoms with Crippen LogP contribution in [-0.4, -0.2) is 68.4 Å². The number of benzene rings is 1. The molecule has 1 aliphatic heterocycles. The number of hydrogen-bond acceptors (Lipinski definition) is 8. The van der Waals surface area contributed by atoms with E-state index in [9.17, 15) is 18.3 Å². The summed E-state index contributed by atoms with van der Waals surface area (Å²) in [5.41, 5.74) is 1.12. The zero-order valence-corrected chi connectivity index (χ0v) is 20.4. The summed E-state index contributed by atoms with van der Waals surface area (Å²) in [5, 5.41) is 16.5. The van der Waals surface area contributed by atoms with Crippen molar-refractivity contribution in [3.63, 3.8) is 0 Å². The summed E-state index contributed by atoms with van der Waals surface area (Å²) < 4.78 is 39.7. The maximum atomic E-state index is 13.1. The van der Waals surface area contributed by atoms with Crippen LogP contribution < -0.4 is 14.8 Å². The van der Waals surface area contributed by atoms with Crippen LogP contribution in [0.2, 0.25) is 0 Å². The lowest BCUT2D eigenvalue weighted by Crippen LogP contribution is -2.47. The predicted molar refractivity (Wildman–Crippen MR) is 123 cm³/mol. The molecule has 3 rings (SSSR count). The number of hydrogen-bond donors (Lipinski definition) is 3. The van der Waals surface area contributed by atoms with Gasteiger partial charge >= 0.3 is 0 Å². The highest BCUT2D eigenvalue weighted by molar-refractivity contribution is 7.92. The Bertz CT molecular complexity index is 1080. The molecule has 1 aromatic heterocycles. The molecule has 1 aromatic carbocycles. The van der Waals surface area contributed by atoms with Gasteiger partial charge in [0.1, 0.15) is 17.5 Å². The monoisotopic (exact) mass is 480 g/mol. The van der Waals surface area contributed by atoms with Gasteiger partial charge in [-0.15, -0.1) is 0 Å². The summed E-state index contributed by atoms with van der Waals surface area (Å²) in [5.74, 6) is 0.552. The normalized spacial score (nSPS) is 20.3. The molecule has 11 heteroatoms. The second kappa shape index (κ2) is 10.1. The van der Waals surface area contributed by atoms with Gasteiger partial charge in [0, 0.05) is 30.3 Å². The van der Waals surface area contributed by atoms with Gasteiger partial charge in [-0.1, -0.05) is 12.1 Å². The molecule has 10 nitrogen and oxygen atoms in total. The molecule has 0 spiro atoms. The SMILES string of the molecule is CNC[C@@H]1Oc2ccc(NS(=O)(=O)c3c(C)noc3C)cc2CC(=O)N([C@@H](C)CO)C[C@H]1C. The third-order valence-corrected chi connectivity index (χ3v) is 7.44. The van der Waals surface area contributed by atoms with Crippen LogP contribution in [0.4, 0.5) is 5.69 Å². The van der Waals surface area contributed by atoms with Crippen molar-refractivity contribution in [1.82, 2.24) is 15.4 Å². The number of rotatable bonds is 7. The predicted octanol–water partition coefficient (Wildman–Crippen LogP) is 1.46. The smallest absolute Gasteiger partial charge is 0.267 e. The summed E-state index contributed by atoms with van der Waals surface area (Å²) in [4.78, 5) is 14.8. The molecule has 3 N–H and O–H groups in total. The van der Waals surface area contributed by atoms with E-state index < -0.39 is 10.0 Å². The van der Waals surface area contributed by atoms with Gasteiger partial charge in [-0.05, 0) is 46.0 Å². The van der Waals surface area contributed by atoms with Gasteiger partial charge < -0.3 is 24.6 Å². The molecule has 0 saturated carbocycles. The molecule has 1 amide bonds. The highest BCUT2D eigenvalue weighted by Crippen LogP contribution is 2.30. The van der Waals surface area contributed by atoms with Crippen LogP contribution in [0.3, 0.4) is 0 Å². The number of aromatic nitrogens is 1. The van der Waals surface area contributed by atoms with E-state index in [4.69, 9.17) is 9.26 Å². The molecule has 0 saturated heterocycles. The second-order valence-corrected chi connectivity index (χ2v) is 10.1. The standard InChI is InChI=1S/C22H32N4O6S/c1-13-11-26(14(2)12-27)21(28)9-17-8-18(6-7-19(17)31-20(13)10-23-5)25-33(29,30)22-15(3)24-32-16(22)4/h6-8,13-14,20,23,25,27H,9-12H2,1-5H3/t13-,14+,20+/m1/s1. The number of nitrogens with one attached hydrogen (secondary N) is 2. The Labute approximate surface area is 194 Å². The van der Waals surface area contributed by atoms with Crippen molar-refractivity contribution >= 4 is 21.6 Å². The second-order valence-electron chi connectivity index (χ2n) is 8.53. The van der Waals surface area contributed by atoms with Gasteiger partial charge in [-0.25, -0.2) is 8.42 Å². The number of aliphatic hydroxyl groups is 1. The number of aliphatic hydroxyl groups excluding tert-OH is 1. The maximum absolute atomic E-state index is 13.1. The highest BCUT2D eigenvalue weighted by Gasteiger charge is 2.31. The lowest BCUT2D eigenvalue weighted by Gasteiger charge is -2.32. The minimum absolute atomic E-state index is 0.000860. The number of nitrogens with zero attached hydrogens (tertiary/aromatic N) is 2. The molecule has 2 heterocycles. The van der Waals surface area contributed by atoms with Crippen LogP contribution in [0, 0.1) is 19.8 Å². The van der Waals surface area contributed by atoms with Gasteiger partial charge in [0.25, 0.3) is 10.0 Å². The largest absolute Gasteiger partial charge is 0.488 e. The van der Waals surface area contributed by atoms with Gasteiger partial charge in [0.05, 0.1) is 19.1 Å². The zero-order valence-electron chi connectivity index (χ0n) is 19.6.